The molecule has 1 aliphatic heterocycles. The van der Waals surface area contributed by atoms with Gasteiger partial charge in [-0.25, -0.2) is 0 Å². The molecule has 1 heterocycles. The lowest BCUT2D eigenvalue weighted by Crippen LogP contribution is -2.33. The van der Waals surface area contributed by atoms with Crippen molar-refractivity contribution in [2.45, 2.75) is 39.5 Å². The van der Waals surface area contributed by atoms with Gasteiger partial charge in [-0.2, -0.15) is 0 Å². The van der Waals surface area contributed by atoms with Crippen LogP contribution in [0.4, 0.5) is 0 Å². The summed E-state index contributed by atoms with van der Waals surface area (Å²) in [6, 6.07) is 0. The molecule has 112 valence electrons. The third kappa shape index (κ3) is 3.62. The van der Waals surface area contributed by atoms with Gasteiger partial charge in [-0.1, -0.05) is 26.0 Å². The summed E-state index contributed by atoms with van der Waals surface area (Å²) in [5.74, 6) is 1.19. The number of fused-ring (bicyclic) bond motifs is 1. The molecule has 0 aromatic heterocycles. The SMILES string of the molecule is COC(=O)CC(C)(C)CC(=O)N1C[C@H]2CC=CC[C@@H]2C1. The van der Waals surface area contributed by atoms with E-state index in [2.05, 4.69) is 12.2 Å². The van der Waals surface area contributed by atoms with E-state index in [1.807, 2.05) is 18.7 Å². The highest BCUT2D eigenvalue weighted by molar-refractivity contribution is 5.78. The van der Waals surface area contributed by atoms with E-state index in [0.717, 1.165) is 25.9 Å². The fraction of sp³-hybridized carbons (Fsp3) is 0.750. The van der Waals surface area contributed by atoms with Gasteiger partial charge in [0.05, 0.1) is 13.5 Å². The van der Waals surface area contributed by atoms with Gasteiger partial charge in [-0.3, -0.25) is 9.59 Å². The van der Waals surface area contributed by atoms with Crippen LogP contribution < -0.4 is 0 Å². The molecule has 4 heteroatoms. The maximum absolute atomic E-state index is 12.4. The molecule has 0 radical (unpaired) electrons. The molecule has 0 bridgehead atoms. The first kappa shape index (κ1) is 15.1. The van der Waals surface area contributed by atoms with Crippen LogP contribution in [0.3, 0.4) is 0 Å². The molecule has 2 atom stereocenters. The molecule has 0 aromatic carbocycles. The van der Waals surface area contributed by atoms with Gasteiger partial charge in [-0.05, 0) is 30.1 Å². The average molecular weight is 279 g/mol. The number of ether oxygens (including phenoxy) is 1. The summed E-state index contributed by atoms with van der Waals surface area (Å²) < 4.78 is 4.70. The lowest BCUT2D eigenvalue weighted by molar-refractivity contribution is -0.143. The van der Waals surface area contributed by atoms with E-state index >= 15 is 0 Å². The van der Waals surface area contributed by atoms with Crippen LogP contribution in [0.1, 0.15) is 39.5 Å². The Balaban J connectivity index is 1.88. The van der Waals surface area contributed by atoms with E-state index in [9.17, 15) is 9.59 Å². The Morgan fingerprint density at radius 3 is 2.20 bits per heavy atom. The molecular formula is C16H25NO3. The Kier molecular flexibility index (Phi) is 4.51. The zero-order valence-electron chi connectivity index (χ0n) is 12.7. The Hall–Kier alpha value is -1.32. The fourth-order valence-electron chi connectivity index (χ4n) is 3.27. The van der Waals surface area contributed by atoms with Crippen LogP contribution >= 0.6 is 0 Å². The van der Waals surface area contributed by atoms with Gasteiger partial charge < -0.3 is 9.64 Å². The maximum atomic E-state index is 12.4. The van der Waals surface area contributed by atoms with Crippen LogP contribution in [0.25, 0.3) is 0 Å². The topological polar surface area (TPSA) is 46.6 Å². The van der Waals surface area contributed by atoms with Crippen LogP contribution in [0.15, 0.2) is 12.2 Å². The molecule has 1 fully saturated rings. The molecular weight excluding hydrogens is 254 g/mol. The maximum Gasteiger partial charge on any atom is 0.306 e. The third-order valence-electron chi connectivity index (χ3n) is 4.45. The summed E-state index contributed by atoms with van der Waals surface area (Å²) in [7, 11) is 1.39. The van der Waals surface area contributed by atoms with Gasteiger partial charge in [-0.15, -0.1) is 0 Å². The van der Waals surface area contributed by atoms with Gasteiger partial charge in [0.15, 0.2) is 0 Å². The molecule has 1 saturated heterocycles. The lowest BCUT2D eigenvalue weighted by atomic mass is 9.85. The van der Waals surface area contributed by atoms with Crippen molar-refractivity contribution in [2.24, 2.45) is 17.3 Å². The first-order valence-corrected chi connectivity index (χ1v) is 7.41. The van der Waals surface area contributed by atoms with E-state index in [-0.39, 0.29) is 23.7 Å². The highest BCUT2D eigenvalue weighted by Gasteiger charge is 2.37. The lowest BCUT2D eigenvalue weighted by Gasteiger charge is -2.26. The summed E-state index contributed by atoms with van der Waals surface area (Å²) >= 11 is 0. The fourth-order valence-corrected chi connectivity index (χ4v) is 3.27. The number of carbonyl (C=O) groups excluding carboxylic acids is 2. The van der Waals surface area contributed by atoms with Gasteiger partial charge in [0.1, 0.15) is 0 Å². The Bertz CT molecular complexity index is 398. The van der Waals surface area contributed by atoms with Crippen molar-refractivity contribution in [1.82, 2.24) is 4.90 Å². The van der Waals surface area contributed by atoms with Crippen molar-refractivity contribution >= 4 is 11.9 Å². The number of rotatable bonds is 4. The molecule has 1 aliphatic carbocycles. The average Bonchev–Trinajstić information content (AvgIpc) is 2.81. The third-order valence-corrected chi connectivity index (χ3v) is 4.45. The van der Waals surface area contributed by atoms with E-state index in [1.54, 1.807) is 0 Å². The standard InChI is InChI=1S/C16H25NO3/c1-16(2,9-15(19)20-3)8-14(18)17-10-12-6-4-5-7-13(12)11-17/h4-5,12-13H,6-11H2,1-3H3/t12-,13-/m1/s1. The Morgan fingerprint density at radius 2 is 1.70 bits per heavy atom. The number of allylic oxidation sites excluding steroid dienone is 2. The molecule has 0 spiro atoms. The first-order valence-electron chi connectivity index (χ1n) is 7.41. The minimum absolute atomic E-state index is 0.174. The molecule has 20 heavy (non-hydrogen) atoms. The van der Waals surface area contributed by atoms with E-state index in [4.69, 9.17) is 4.74 Å². The molecule has 2 rings (SSSR count). The second-order valence-electron chi connectivity index (χ2n) is 6.86. The molecule has 0 aromatic rings. The van der Waals surface area contributed by atoms with E-state index in [1.165, 1.54) is 7.11 Å². The van der Waals surface area contributed by atoms with E-state index in [0.29, 0.717) is 18.3 Å². The van der Waals surface area contributed by atoms with Crippen molar-refractivity contribution in [3.8, 4) is 0 Å². The Labute approximate surface area is 121 Å². The van der Waals surface area contributed by atoms with Gasteiger partial charge in [0.25, 0.3) is 0 Å². The van der Waals surface area contributed by atoms with E-state index < -0.39 is 0 Å². The summed E-state index contributed by atoms with van der Waals surface area (Å²) in [6.45, 7) is 5.66. The minimum atomic E-state index is -0.337. The highest BCUT2D eigenvalue weighted by Crippen LogP contribution is 2.34. The number of methoxy groups -OCH3 is 1. The number of likely N-dealkylation sites (tertiary alicyclic amines) is 1. The van der Waals surface area contributed by atoms with Crippen LogP contribution in [0.2, 0.25) is 0 Å². The zero-order valence-corrected chi connectivity index (χ0v) is 12.7. The van der Waals surface area contributed by atoms with Crippen molar-refractivity contribution < 1.29 is 14.3 Å². The summed E-state index contributed by atoms with van der Waals surface area (Å²) in [5.41, 5.74) is -0.337. The molecule has 4 nitrogen and oxygen atoms in total. The van der Waals surface area contributed by atoms with Crippen molar-refractivity contribution in [3.05, 3.63) is 12.2 Å². The predicted molar refractivity (Wildman–Crippen MR) is 77.0 cm³/mol. The molecule has 1 amide bonds. The van der Waals surface area contributed by atoms with Gasteiger partial charge in [0.2, 0.25) is 5.91 Å². The summed E-state index contributed by atoms with van der Waals surface area (Å²) in [6.07, 6.45) is 7.36. The molecule has 0 N–H and O–H groups in total. The van der Waals surface area contributed by atoms with Crippen LogP contribution in [-0.2, 0) is 14.3 Å². The van der Waals surface area contributed by atoms with Crippen molar-refractivity contribution in [3.63, 3.8) is 0 Å². The second-order valence-corrected chi connectivity index (χ2v) is 6.86. The molecule has 2 aliphatic rings. The predicted octanol–water partition coefficient (Wildman–Crippen LogP) is 2.39. The van der Waals surface area contributed by atoms with Gasteiger partial charge in [0, 0.05) is 19.5 Å². The number of carbonyl (C=O) groups is 2. The molecule has 0 unspecified atom stereocenters. The number of nitrogens with zero attached hydrogens (tertiary/aromatic N) is 1. The van der Waals surface area contributed by atoms with Crippen LogP contribution in [0, 0.1) is 17.3 Å². The quantitative estimate of drug-likeness (QED) is 0.586. The number of esters is 1. The van der Waals surface area contributed by atoms with Crippen LogP contribution in [0.5, 0.6) is 0 Å². The molecule has 0 saturated carbocycles. The normalized spacial score (nSPS) is 25.4. The smallest absolute Gasteiger partial charge is 0.306 e. The summed E-state index contributed by atoms with van der Waals surface area (Å²) in [4.78, 5) is 25.8. The number of hydrogen-bond acceptors (Lipinski definition) is 3. The number of amides is 1. The monoisotopic (exact) mass is 279 g/mol. The first-order chi connectivity index (χ1) is 9.41. The second kappa shape index (κ2) is 5.98. The van der Waals surface area contributed by atoms with Crippen molar-refractivity contribution in [1.29, 1.82) is 0 Å². The zero-order chi connectivity index (χ0) is 14.8. The largest absolute Gasteiger partial charge is 0.469 e. The van der Waals surface area contributed by atoms with Crippen molar-refractivity contribution in [2.75, 3.05) is 20.2 Å². The number of hydrogen-bond donors (Lipinski definition) is 0. The minimum Gasteiger partial charge on any atom is -0.469 e. The summed E-state index contributed by atoms with van der Waals surface area (Å²) in [5, 5.41) is 0. The van der Waals surface area contributed by atoms with Crippen LogP contribution in [-0.4, -0.2) is 37.0 Å². The Morgan fingerprint density at radius 1 is 1.15 bits per heavy atom. The van der Waals surface area contributed by atoms with Gasteiger partial charge >= 0.3 is 5.97 Å². The highest BCUT2D eigenvalue weighted by atomic mass is 16.5.